The number of rotatable bonds is 5. The molecule has 23 heavy (non-hydrogen) atoms. The van der Waals surface area contributed by atoms with Crippen LogP contribution >= 0.6 is 11.3 Å². The van der Waals surface area contributed by atoms with E-state index in [1.54, 1.807) is 31.2 Å². The van der Waals surface area contributed by atoms with Crippen molar-refractivity contribution in [1.82, 2.24) is 15.5 Å². The van der Waals surface area contributed by atoms with Crippen molar-refractivity contribution in [3.63, 3.8) is 0 Å². The molecule has 8 nitrogen and oxygen atoms in total. The summed E-state index contributed by atoms with van der Waals surface area (Å²) in [5.41, 5.74) is 6.41. The molecule has 124 valence electrons. The summed E-state index contributed by atoms with van der Waals surface area (Å²) >= 11 is 1.21. The highest BCUT2D eigenvalue weighted by molar-refractivity contribution is 7.92. The molecule has 0 radical (unpaired) electrons. The highest BCUT2D eigenvalue weighted by Gasteiger charge is 2.16. The van der Waals surface area contributed by atoms with Gasteiger partial charge >= 0.3 is 0 Å². The van der Waals surface area contributed by atoms with E-state index in [2.05, 4.69) is 15.5 Å². The largest absolute Gasteiger partial charge is 0.374 e. The van der Waals surface area contributed by atoms with Crippen molar-refractivity contribution in [1.29, 1.82) is 0 Å². The first-order valence-electron chi connectivity index (χ1n) is 6.62. The van der Waals surface area contributed by atoms with Gasteiger partial charge in [0, 0.05) is 12.6 Å². The summed E-state index contributed by atoms with van der Waals surface area (Å²) in [7, 11) is -1.88. The van der Waals surface area contributed by atoms with Crippen molar-refractivity contribution >= 4 is 38.1 Å². The average Bonchev–Trinajstić information content (AvgIpc) is 2.92. The van der Waals surface area contributed by atoms with Crippen LogP contribution in [0.4, 0.5) is 10.8 Å². The van der Waals surface area contributed by atoms with Gasteiger partial charge in [0.15, 0.2) is 0 Å². The lowest BCUT2D eigenvalue weighted by Gasteiger charge is -2.17. The van der Waals surface area contributed by atoms with Gasteiger partial charge in [-0.15, -0.1) is 10.2 Å². The summed E-state index contributed by atoms with van der Waals surface area (Å²) in [5.74, 6) is -0.292. The van der Waals surface area contributed by atoms with Gasteiger partial charge in [-0.25, -0.2) is 8.42 Å². The minimum absolute atomic E-state index is 0.292. The zero-order valence-electron chi connectivity index (χ0n) is 12.8. The minimum Gasteiger partial charge on any atom is -0.374 e. The van der Waals surface area contributed by atoms with E-state index < -0.39 is 10.0 Å². The van der Waals surface area contributed by atoms with Crippen LogP contribution < -0.4 is 15.4 Å². The highest BCUT2D eigenvalue weighted by atomic mass is 32.2. The van der Waals surface area contributed by atoms with Gasteiger partial charge < -0.3 is 11.1 Å². The van der Waals surface area contributed by atoms with E-state index in [-0.39, 0.29) is 11.9 Å². The van der Waals surface area contributed by atoms with Crippen LogP contribution in [0.1, 0.15) is 28.3 Å². The molecule has 1 atom stereocenters. The zero-order chi connectivity index (χ0) is 17.2. The molecule has 3 N–H and O–H groups in total. The van der Waals surface area contributed by atoms with Crippen LogP contribution in [0.3, 0.4) is 0 Å². The van der Waals surface area contributed by atoms with Gasteiger partial charge in [-0.1, -0.05) is 11.3 Å². The number of hydrogen-bond donors (Lipinski definition) is 2. The first-order chi connectivity index (χ1) is 10.7. The number of nitrogens with two attached hydrogens (primary N) is 1. The maximum atomic E-state index is 12.2. The fraction of sp³-hybridized carbons (Fsp3) is 0.308. The molecule has 0 spiro atoms. The van der Waals surface area contributed by atoms with Gasteiger partial charge in [-0.05, 0) is 31.2 Å². The van der Waals surface area contributed by atoms with E-state index in [0.717, 1.165) is 10.6 Å². The number of sulfonamides is 1. The van der Waals surface area contributed by atoms with E-state index in [9.17, 15) is 13.2 Å². The molecule has 0 unspecified atom stereocenters. The number of aromatic nitrogens is 2. The molecular formula is C13H17N5O3S2. The van der Waals surface area contributed by atoms with Gasteiger partial charge in [0.05, 0.1) is 18.0 Å². The number of hydrogen-bond acceptors (Lipinski definition) is 7. The van der Waals surface area contributed by atoms with Crippen LogP contribution in [0.15, 0.2) is 24.3 Å². The number of nitrogen functional groups attached to an aromatic ring is 1. The fourth-order valence-corrected chi connectivity index (χ4v) is 2.90. The molecule has 0 fully saturated rings. The quantitative estimate of drug-likeness (QED) is 0.826. The SMILES string of the molecule is C[C@@H](NC(=O)c1ccc(N(C)S(C)(=O)=O)cc1)c1nnc(N)s1. The molecule has 2 rings (SSSR count). The van der Waals surface area contributed by atoms with E-state index >= 15 is 0 Å². The maximum absolute atomic E-state index is 12.2. The van der Waals surface area contributed by atoms with Crippen LogP contribution in [0.2, 0.25) is 0 Å². The smallest absolute Gasteiger partial charge is 0.251 e. The number of carbonyl (C=O) groups is 1. The molecule has 0 aliphatic carbocycles. The normalized spacial score (nSPS) is 12.7. The zero-order valence-corrected chi connectivity index (χ0v) is 14.5. The van der Waals surface area contributed by atoms with Crippen LogP contribution in [0.5, 0.6) is 0 Å². The lowest BCUT2D eigenvalue weighted by molar-refractivity contribution is 0.0939. The van der Waals surface area contributed by atoms with Crippen molar-refractivity contribution in [2.75, 3.05) is 23.3 Å². The summed E-state index contributed by atoms with van der Waals surface area (Å²) in [6.45, 7) is 1.78. The van der Waals surface area contributed by atoms with E-state index in [1.165, 1.54) is 18.4 Å². The number of nitrogens with zero attached hydrogens (tertiary/aromatic N) is 3. The fourth-order valence-electron chi connectivity index (χ4n) is 1.78. The summed E-state index contributed by atoms with van der Waals surface area (Å²) in [4.78, 5) is 12.2. The molecule has 0 bridgehead atoms. The standard InChI is InChI=1S/C13H17N5O3S2/c1-8(12-16-17-13(14)22-12)15-11(19)9-4-6-10(7-5-9)18(2)23(3,20)21/h4-8H,1-3H3,(H2,14,17)(H,15,19)/t8-/m1/s1. The monoisotopic (exact) mass is 355 g/mol. The first-order valence-corrected chi connectivity index (χ1v) is 9.28. The molecule has 0 aliphatic heterocycles. The van der Waals surface area contributed by atoms with E-state index in [1.807, 2.05) is 0 Å². The van der Waals surface area contributed by atoms with Crippen LogP contribution in [0, 0.1) is 0 Å². The first kappa shape index (κ1) is 17.2. The molecule has 2 aromatic rings. The molecule has 1 aromatic heterocycles. The van der Waals surface area contributed by atoms with Gasteiger partial charge in [0.1, 0.15) is 5.01 Å². The molecule has 10 heteroatoms. The van der Waals surface area contributed by atoms with Crippen molar-refractivity contribution < 1.29 is 13.2 Å². The third-order valence-electron chi connectivity index (χ3n) is 3.16. The summed E-state index contributed by atoms with van der Waals surface area (Å²) in [6, 6.07) is 5.95. The third kappa shape index (κ3) is 4.17. The average molecular weight is 355 g/mol. The van der Waals surface area contributed by atoms with Crippen LogP contribution in [-0.4, -0.2) is 37.8 Å². The summed E-state index contributed by atoms with van der Waals surface area (Å²) < 4.78 is 24.1. The Morgan fingerprint density at radius 3 is 2.39 bits per heavy atom. The van der Waals surface area contributed by atoms with Crippen LogP contribution in [-0.2, 0) is 10.0 Å². The summed E-state index contributed by atoms with van der Waals surface area (Å²) in [5, 5.41) is 11.3. The Balaban J connectivity index is 2.08. The van der Waals surface area contributed by atoms with E-state index in [4.69, 9.17) is 5.73 Å². The molecule has 1 amide bonds. The predicted molar refractivity (Wildman–Crippen MR) is 89.9 cm³/mol. The number of amides is 1. The minimum atomic E-state index is -3.33. The van der Waals surface area contributed by atoms with Crippen molar-refractivity contribution in [3.8, 4) is 0 Å². The van der Waals surface area contributed by atoms with Crippen molar-refractivity contribution in [2.24, 2.45) is 0 Å². The number of anilines is 2. The number of carbonyl (C=O) groups excluding carboxylic acids is 1. The van der Waals surface area contributed by atoms with Crippen LogP contribution in [0.25, 0.3) is 0 Å². The Labute approximate surface area is 138 Å². The highest BCUT2D eigenvalue weighted by Crippen LogP contribution is 2.20. The number of benzene rings is 1. The van der Waals surface area contributed by atoms with Gasteiger partial charge in [-0.2, -0.15) is 0 Å². The topological polar surface area (TPSA) is 118 Å². The van der Waals surface area contributed by atoms with Crippen molar-refractivity contribution in [2.45, 2.75) is 13.0 Å². The third-order valence-corrected chi connectivity index (χ3v) is 5.31. The second kappa shape index (κ2) is 6.50. The predicted octanol–water partition coefficient (Wildman–Crippen LogP) is 1.01. The number of nitrogens with one attached hydrogen (secondary N) is 1. The Kier molecular flexibility index (Phi) is 4.85. The van der Waals surface area contributed by atoms with Crippen molar-refractivity contribution in [3.05, 3.63) is 34.8 Å². The lowest BCUT2D eigenvalue weighted by atomic mass is 10.2. The molecule has 1 heterocycles. The van der Waals surface area contributed by atoms with Gasteiger partial charge in [-0.3, -0.25) is 9.10 Å². The summed E-state index contributed by atoms with van der Waals surface area (Å²) in [6.07, 6.45) is 1.11. The second-order valence-electron chi connectivity index (χ2n) is 4.95. The lowest BCUT2D eigenvalue weighted by Crippen LogP contribution is -2.27. The Morgan fingerprint density at radius 2 is 1.91 bits per heavy atom. The molecule has 0 saturated carbocycles. The Hall–Kier alpha value is -2.20. The van der Waals surface area contributed by atoms with Gasteiger partial charge in [0.25, 0.3) is 5.91 Å². The maximum Gasteiger partial charge on any atom is 0.251 e. The molecule has 0 saturated heterocycles. The molecule has 0 aliphatic rings. The van der Waals surface area contributed by atoms with E-state index in [0.29, 0.717) is 21.4 Å². The van der Waals surface area contributed by atoms with Gasteiger partial charge in [0.2, 0.25) is 15.2 Å². The molecular weight excluding hydrogens is 338 g/mol. The Morgan fingerprint density at radius 1 is 1.30 bits per heavy atom. The molecule has 1 aromatic carbocycles. The second-order valence-corrected chi connectivity index (χ2v) is 8.01. The Bertz CT molecular complexity index is 801.